The number of halogens is 1. The first-order chi connectivity index (χ1) is 11.4. The van der Waals surface area contributed by atoms with Gasteiger partial charge >= 0.3 is 0 Å². The van der Waals surface area contributed by atoms with Gasteiger partial charge < -0.3 is 4.74 Å². The van der Waals surface area contributed by atoms with E-state index in [1.54, 1.807) is 25.4 Å². The molecule has 0 fully saturated rings. The fraction of sp³-hybridized carbons (Fsp3) is 0.278. The van der Waals surface area contributed by atoms with Crippen LogP contribution in [0.1, 0.15) is 30.4 Å². The summed E-state index contributed by atoms with van der Waals surface area (Å²) >= 11 is 6.01. The maximum Gasteiger partial charge on any atom is 0.175 e. The molecule has 3 rings (SSSR count). The number of rotatable bonds is 4. The van der Waals surface area contributed by atoms with Crippen LogP contribution in [-0.2, 0) is 9.84 Å². The van der Waals surface area contributed by atoms with E-state index in [2.05, 4.69) is 4.98 Å². The highest BCUT2D eigenvalue weighted by molar-refractivity contribution is 7.90. The standard InChI is InChI=1S/C18H18ClNO3S/c1-23-17-10-13(11-20-18(17)19)16-5-3-4-15(16)12-6-8-14(9-7-12)24(2,21)22/h6-11H,3-5H2,1-2H3. The summed E-state index contributed by atoms with van der Waals surface area (Å²) in [5, 5.41) is 0.346. The van der Waals surface area contributed by atoms with Crippen molar-refractivity contribution >= 4 is 32.6 Å². The highest BCUT2D eigenvalue weighted by Crippen LogP contribution is 2.41. The number of nitrogens with zero attached hydrogens (tertiary/aromatic N) is 1. The van der Waals surface area contributed by atoms with Gasteiger partial charge in [0.1, 0.15) is 0 Å². The number of hydrogen-bond acceptors (Lipinski definition) is 4. The monoisotopic (exact) mass is 363 g/mol. The zero-order chi connectivity index (χ0) is 17.3. The van der Waals surface area contributed by atoms with Crippen LogP contribution in [0.15, 0.2) is 41.4 Å². The second kappa shape index (κ2) is 6.57. The van der Waals surface area contributed by atoms with Gasteiger partial charge in [-0.1, -0.05) is 23.7 Å². The average molecular weight is 364 g/mol. The van der Waals surface area contributed by atoms with E-state index in [1.165, 1.54) is 17.4 Å². The topological polar surface area (TPSA) is 56.3 Å². The summed E-state index contributed by atoms with van der Waals surface area (Å²) in [5.41, 5.74) is 4.48. The lowest BCUT2D eigenvalue weighted by Crippen LogP contribution is -1.97. The van der Waals surface area contributed by atoms with Crippen molar-refractivity contribution in [1.82, 2.24) is 4.98 Å². The molecule has 1 aliphatic carbocycles. The summed E-state index contributed by atoms with van der Waals surface area (Å²) in [5.74, 6) is 0.556. The lowest BCUT2D eigenvalue weighted by Gasteiger charge is -2.11. The summed E-state index contributed by atoms with van der Waals surface area (Å²) in [4.78, 5) is 4.53. The fourth-order valence-corrected chi connectivity index (χ4v) is 3.83. The van der Waals surface area contributed by atoms with Crippen LogP contribution in [0.2, 0.25) is 5.15 Å². The minimum atomic E-state index is -3.18. The number of aromatic nitrogens is 1. The van der Waals surface area contributed by atoms with Gasteiger partial charge in [-0.15, -0.1) is 0 Å². The quantitative estimate of drug-likeness (QED) is 0.762. The van der Waals surface area contributed by atoms with Crippen LogP contribution in [0, 0.1) is 0 Å². The molecule has 2 aromatic rings. The molecule has 6 heteroatoms. The Morgan fingerprint density at radius 2 is 1.71 bits per heavy atom. The van der Waals surface area contributed by atoms with E-state index in [0.717, 1.165) is 30.4 Å². The summed E-state index contributed by atoms with van der Waals surface area (Å²) < 4.78 is 28.5. The summed E-state index contributed by atoms with van der Waals surface area (Å²) in [7, 11) is -1.61. The molecule has 0 radical (unpaired) electrons. The third kappa shape index (κ3) is 3.32. The lowest BCUT2D eigenvalue weighted by molar-refractivity contribution is 0.413. The normalized spacial score (nSPS) is 15.0. The zero-order valence-electron chi connectivity index (χ0n) is 13.5. The number of pyridine rings is 1. The maximum absolute atomic E-state index is 11.6. The molecular weight excluding hydrogens is 346 g/mol. The molecule has 24 heavy (non-hydrogen) atoms. The van der Waals surface area contributed by atoms with Gasteiger partial charge in [0.2, 0.25) is 0 Å². The van der Waals surface area contributed by atoms with Gasteiger partial charge in [0.25, 0.3) is 0 Å². The smallest absolute Gasteiger partial charge is 0.175 e. The van der Waals surface area contributed by atoms with Crippen LogP contribution < -0.4 is 4.74 Å². The Balaban J connectivity index is 2.04. The first-order valence-electron chi connectivity index (χ1n) is 7.62. The van der Waals surface area contributed by atoms with Crippen LogP contribution in [-0.4, -0.2) is 26.8 Å². The van der Waals surface area contributed by atoms with Crippen LogP contribution in [0.3, 0.4) is 0 Å². The van der Waals surface area contributed by atoms with E-state index in [0.29, 0.717) is 15.8 Å². The van der Waals surface area contributed by atoms with E-state index >= 15 is 0 Å². The molecule has 0 aliphatic heterocycles. The van der Waals surface area contributed by atoms with Gasteiger partial charge in [0.15, 0.2) is 20.7 Å². The van der Waals surface area contributed by atoms with Crippen molar-refractivity contribution < 1.29 is 13.2 Å². The van der Waals surface area contributed by atoms with Gasteiger partial charge in [-0.25, -0.2) is 13.4 Å². The molecule has 0 N–H and O–H groups in total. The summed E-state index contributed by atoms with van der Waals surface area (Å²) in [6, 6.07) is 8.97. The van der Waals surface area contributed by atoms with Crippen molar-refractivity contribution in [2.45, 2.75) is 24.2 Å². The number of ether oxygens (including phenoxy) is 1. The third-order valence-corrected chi connectivity index (χ3v) is 5.64. The van der Waals surface area contributed by atoms with Gasteiger partial charge in [-0.3, -0.25) is 0 Å². The van der Waals surface area contributed by atoms with Crippen molar-refractivity contribution in [3.05, 3.63) is 52.8 Å². The molecule has 0 unspecified atom stereocenters. The van der Waals surface area contributed by atoms with E-state index < -0.39 is 9.84 Å². The Hall–Kier alpha value is -1.85. The Labute approximate surface area is 147 Å². The van der Waals surface area contributed by atoms with Crippen molar-refractivity contribution in [2.75, 3.05) is 13.4 Å². The van der Waals surface area contributed by atoms with E-state index in [4.69, 9.17) is 16.3 Å². The molecule has 0 saturated carbocycles. The molecule has 1 heterocycles. The number of methoxy groups -OCH3 is 1. The van der Waals surface area contributed by atoms with E-state index in [9.17, 15) is 8.42 Å². The number of sulfone groups is 1. The first kappa shape index (κ1) is 17.0. The first-order valence-corrected chi connectivity index (χ1v) is 9.89. The van der Waals surface area contributed by atoms with Gasteiger partial charge in [0, 0.05) is 18.0 Å². The minimum Gasteiger partial charge on any atom is -0.494 e. The average Bonchev–Trinajstić information content (AvgIpc) is 3.04. The Morgan fingerprint density at radius 3 is 2.29 bits per heavy atom. The van der Waals surface area contributed by atoms with Crippen molar-refractivity contribution in [1.29, 1.82) is 0 Å². The van der Waals surface area contributed by atoms with Gasteiger partial charge in [0.05, 0.1) is 12.0 Å². The van der Waals surface area contributed by atoms with Crippen LogP contribution in [0.5, 0.6) is 5.75 Å². The van der Waals surface area contributed by atoms with Crippen LogP contribution >= 0.6 is 11.6 Å². The number of hydrogen-bond donors (Lipinski definition) is 0. The summed E-state index contributed by atoms with van der Waals surface area (Å²) in [6.07, 6.45) is 5.95. The second-order valence-corrected chi connectivity index (χ2v) is 8.20. The predicted molar refractivity (Wildman–Crippen MR) is 96.0 cm³/mol. The lowest BCUT2D eigenvalue weighted by atomic mass is 9.98. The highest BCUT2D eigenvalue weighted by Gasteiger charge is 2.19. The molecule has 0 saturated heterocycles. The minimum absolute atomic E-state index is 0.334. The molecule has 1 aromatic carbocycles. The van der Waals surface area contributed by atoms with Crippen molar-refractivity contribution in [3.8, 4) is 5.75 Å². The molecule has 0 atom stereocenters. The van der Waals surface area contributed by atoms with Gasteiger partial charge in [-0.05, 0) is 54.2 Å². The Morgan fingerprint density at radius 1 is 1.08 bits per heavy atom. The molecule has 0 amide bonds. The SMILES string of the molecule is COc1cc(C2=C(c3ccc(S(C)(=O)=O)cc3)CCC2)cnc1Cl. The van der Waals surface area contributed by atoms with Crippen molar-refractivity contribution in [2.24, 2.45) is 0 Å². The van der Waals surface area contributed by atoms with Crippen molar-refractivity contribution in [3.63, 3.8) is 0 Å². The fourth-order valence-electron chi connectivity index (χ4n) is 3.02. The van der Waals surface area contributed by atoms with E-state index in [-0.39, 0.29) is 0 Å². The zero-order valence-corrected chi connectivity index (χ0v) is 15.1. The number of allylic oxidation sites excluding steroid dienone is 2. The van der Waals surface area contributed by atoms with E-state index in [1.807, 2.05) is 18.2 Å². The maximum atomic E-state index is 11.6. The predicted octanol–water partition coefficient (Wildman–Crippen LogP) is 4.24. The van der Waals surface area contributed by atoms with Crippen LogP contribution in [0.4, 0.5) is 0 Å². The molecule has 126 valence electrons. The molecule has 1 aromatic heterocycles. The Kier molecular flexibility index (Phi) is 4.65. The van der Waals surface area contributed by atoms with Crippen LogP contribution in [0.25, 0.3) is 11.1 Å². The Bertz CT molecular complexity index is 902. The second-order valence-electron chi connectivity index (χ2n) is 5.82. The molecule has 4 nitrogen and oxygen atoms in total. The molecule has 0 spiro atoms. The highest BCUT2D eigenvalue weighted by atomic mass is 35.5. The third-order valence-electron chi connectivity index (χ3n) is 4.22. The number of benzene rings is 1. The largest absolute Gasteiger partial charge is 0.494 e. The van der Waals surface area contributed by atoms with Gasteiger partial charge in [-0.2, -0.15) is 0 Å². The molecular formula is C18H18ClNO3S. The summed E-state index contributed by atoms with van der Waals surface area (Å²) in [6.45, 7) is 0. The molecule has 1 aliphatic rings. The molecule has 0 bridgehead atoms.